The van der Waals surface area contributed by atoms with Crippen LogP contribution in [0.5, 0.6) is 0 Å². The molecule has 1 aliphatic carbocycles. The SMILES string of the molecule is O=C(NC1CCCCCCC1C(=O)O)c1ccc(-n2cncn2)c([N+](=O)[O-])c1. The van der Waals surface area contributed by atoms with Gasteiger partial charge in [0.05, 0.1) is 10.8 Å². The highest BCUT2D eigenvalue weighted by molar-refractivity contribution is 5.95. The molecule has 0 saturated heterocycles. The number of carboxylic acid groups (broad SMARTS) is 1. The molecule has 1 heterocycles. The van der Waals surface area contributed by atoms with E-state index in [9.17, 15) is 24.8 Å². The number of carbonyl (C=O) groups excluding carboxylic acids is 1. The Balaban J connectivity index is 1.84. The minimum absolute atomic E-state index is 0.0989. The van der Waals surface area contributed by atoms with Crippen molar-refractivity contribution in [2.75, 3.05) is 0 Å². The number of nitrogens with zero attached hydrogens (tertiary/aromatic N) is 4. The Morgan fingerprint density at radius 2 is 1.96 bits per heavy atom. The van der Waals surface area contributed by atoms with E-state index in [4.69, 9.17) is 0 Å². The monoisotopic (exact) mass is 387 g/mol. The van der Waals surface area contributed by atoms with Gasteiger partial charge in [-0.3, -0.25) is 19.7 Å². The van der Waals surface area contributed by atoms with Crippen molar-refractivity contribution in [2.24, 2.45) is 5.92 Å². The van der Waals surface area contributed by atoms with Crippen molar-refractivity contribution in [3.63, 3.8) is 0 Å². The van der Waals surface area contributed by atoms with Crippen molar-refractivity contribution in [2.45, 2.75) is 44.6 Å². The van der Waals surface area contributed by atoms with E-state index in [2.05, 4.69) is 15.4 Å². The molecule has 1 aromatic heterocycles. The Morgan fingerprint density at radius 1 is 1.21 bits per heavy atom. The molecule has 1 amide bonds. The van der Waals surface area contributed by atoms with E-state index in [-0.39, 0.29) is 16.9 Å². The van der Waals surface area contributed by atoms with Crippen molar-refractivity contribution in [1.82, 2.24) is 20.1 Å². The zero-order valence-corrected chi connectivity index (χ0v) is 15.2. The smallest absolute Gasteiger partial charge is 0.308 e. The number of nitro benzene ring substituents is 1. The Labute approximate surface area is 160 Å². The van der Waals surface area contributed by atoms with Crippen LogP contribution in [0.1, 0.15) is 48.9 Å². The summed E-state index contributed by atoms with van der Waals surface area (Å²) in [5.74, 6) is -2.11. The lowest BCUT2D eigenvalue weighted by atomic mass is 9.86. The largest absolute Gasteiger partial charge is 0.481 e. The number of nitro groups is 1. The van der Waals surface area contributed by atoms with Gasteiger partial charge in [0, 0.05) is 17.7 Å². The summed E-state index contributed by atoms with van der Waals surface area (Å²) in [6.45, 7) is 0. The molecule has 2 aromatic rings. The lowest BCUT2D eigenvalue weighted by molar-refractivity contribution is -0.384. The van der Waals surface area contributed by atoms with Gasteiger partial charge in [-0.15, -0.1) is 0 Å². The number of amides is 1. The third-order valence-electron chi connectivity index (χ3n) is 5.00. The summed E-state index contributed by atoms with van der Waals surface area (Å²) in [5, 5.41) is 27.6. The highest BCUT2D eigenvalue weighted by Crippen LogP contribution is 2.26. The number of benzene rings is 1. The zero-order chi connectivity index (χ0) is 20.1. The van der Waals surface area contributed by atoms with Gasteiger partial charge in [-0.1, -0.05) is 25.7 Å². The van der Waals surface area contributed by atoms with E-state index < -0.39 is 28.8 Å². The predicted molar refractivity (Wildman–Crippen MR) is 98.1 cm³/mol. The fourth-order valence-electron chi connectivity index (χ4n) is 3.54. The maximum Gasteiger partial charge on any atom is 0.308 e. The first-order valence-electron chi connectivity index (χ1n) is 9.14. The minimum Gasteiger partial charge on any atom is -0.481 e. The van der Waals surface area contributed by atoms with E-state index in [0.717, 1.165) is 25.7 Å². The van der Waals surface area contributed by atoms with Gasteiger partial charge >= 0.3 is 5.97 Å². The average molecular weight is 387 g/mol. The van der Waals surface area contributed by atoms with Crippen LogP contribution in [0.3, 0.4) is 0 Å². The number of hydrogen-bond acceptors (Lipinski definition) is 6. The first-order valence-corrected chi connectivity index (χ1v) is 9.14. The summed E-state index contributed by atoms with van der Waals surface area (Å²) in [7, 11) is 0. The normalized spacial score (nSPS) is 20.0. The van der Waals surface area contributed by atoms with Crippen LogP contribution in [-0.2, 0) is 4.79 Å². The van der Waals surface area contributed by atoms with Crippen molar-refractivity contribution in [3.05, 3.63) is 46.5 Å². The molecule has 0 radical (unpaired) electrons. The predicted octanol–water partition coefficient (Wildman–Crippen LogP) is 2.33. The van der Waals surface area contributed by atoms with Crippen molar-refractivity contribution >= 4 is 17.6 Å². The van der Waals surface area contributed by atoms with Crippen LogP contribution < -0.4 is 5.32 Å². The quantitative estimate of drug-likeness (QED) is 0.592. The summed E-state index contributed by atoms with van der Waals surface area (Å²) in [4.78, 5) is 38.9. The van der Waals surface area contributed by atoms with Crippen molar-refractivity contribution in [3.8, 4) is 5.69 Å². The third kappa shape index (κ3) is 4.33. The molecule has 28 heavy (non-hydrogen) atoms. The molecule has 3 rings (SSSR count). The molecule has 2 unspecified atom stereocenters. The van der Waals surface area contributed by atoms with Crippen LogP contribution >= 0.6 is 0 Å². The van der Waals surface area contributed by atoms with Crippen LogP contribution in [0.15, 0.2) is 30.9 Å². The highest BCUT2D eigenvalue weighted by atomic mass is 16.6. The molecular formula is C18H21N5O5. The van der Waals surface area contributed by atoms with Crippen LogP contribution in [0, 0.1) is 16.0 Å². The van der Waals surface area contributed by atoms with Crippen LogP contribution in [0.4, 0.5) is 5.69 Å². The summed E-state index contributed by atoms with van der Waals surface area (Å²) in [6.07, 6.45) is 7.28. The summed E-state index contributed by atoms with van der Waals surface area (Å²) in [5.41, 5.74) is 0.000723. The number of hydrogen-bond donors (Lipinski definition) is 2. The highest BCUT2D eigenvalue weighted by Gasteiger charge is 2.30. The van der Waals surface area contributed by atoms with E-state index in [1.54, 1.807) is 0 Å². The molecule has 2 N–H and O–H groups in total. The minimum atomic E-state index is -0.931. The van der Waals surface area contributed by atoms with Gasteiger partial charge < -0.3 is 10.4 Å². The number of aliphatic carboxylic acids is 1. The molecule has 1 saturated carbocycles. The first-order chi connectivity index (χ1) is 13.5. The molecule has 1 fully saturated rings. The fraction of sp³-hybridized carbons (Fsp3) is 0.444. The van der Waals surface area contributed by atoms with Gasteiger partial charge in [-0.25, -0.2) is 9.67 Å². The lowest BCUT2D eigenvalue weighted by Gasteiger charge is -2.27. The van der Waals surface area contributed by atoms with E-state index in [1.807, 2.05) is 0 Å². The Hall–Kier alpha value is -3.30. The molecule has 10 heteroatoms. The number of carboxylic acids is 1. The molecule has 1 aliphatic rings. The maximum atomic E-state index is 12.7. The van der Waals surface area contributed by atoms with Crippen LogP contribution in [0.25, 0.3) is 5.69 Å². The first kappa shape index (κ1) is 19.5. The topological polar surface area (TPSA) is 140 Å². The molecule has 10 nitrogen and oxygen atoms in total. The van der Waals surface area contributed by atoms with Crippen LogP contribution in [-0.4, -0.2) is 42.7 Å². The van der Waals surface area contributed by atoms with Gasteiger partial charge in [0.25, 0.3) is 11.6 Å². The molecule has 148 valence electrons. The Bertz CT molecular complexity index is 867. The Kier molecular flexibility index (Phi) is 5.97. The van der Waals surface area contributed by atoms with E-state index >= 15 is 0 Å². The number of carbonyl (C=O) groups is 2. The van der Waals surface area contributed by atoms with Gasteiger partial charge in [-0.2, -0.15) is 5.10 Å². The fourth-order valence-corrected chi connectivity index (χ4v) is 3.54. The van der Waals surface area contributed by atoms with E-state index in [0.29, 0.717) is 12.8 Å². The second-order valence-corrected chi connectivity index (χ2v) is 6.82. The summed E-state index contributed by atoms with van der Waals surface area (Å²) in [6, 6.07) is 3.55. The zero-order valence-electron chi connectivity index (χ0n) is 15.2. The standard InChI is InChI=1S/C18H21N5O5/c24-17(21-14-6-4-2-1-3-5-13(14)18(25)26)12-7-8-15(16(9-12)23(27)28)22-11-19-10-20-22/h7-11,13-14H,1-6H2,(H,21,24)(H,25,26). The lowest BCUT2D eigenvalue weighted by Crippen LogP contribution is -2.43. The third-order valence-corrected chi connectivity index (χ3v) is 5.00. The molecule has 0 bridgehead atoms. The second-order valence-electron chi connectivity index (χ2n) is 6.82. The Morgan fingerprint density at radius 3 is 2.61 bits per heavy atom. The van der Waals surface area contributed by atoms with Gasteiger partial charge in [-0.05, 0) is 25.0 Å². The van der Waals surface area contributed by atoms with Gasteiger partial charge in [0.1, 0.15) is 18.3 Å². The summed E-state index contributed by atoms with van der Waals surface area (Å²) < 4.78 is 1.25. The number of nitrogens with one attached hydrogen (secondary N) is 1. The molecule has 1 aromatic carbocycles. The molecular weight excluding hydrogens is 366 g/mol. The van der Waals surface area contributed by atoms with Crippen molar-refractivity contribution in [1.29, 1.82) is 0 Å². The maximum absolute atomic E-state index is 12.7. The van der Waals surface area contributed by atoms with Gasteiger partial charge in [0.15, 0.2) is 0 Å². The number of aromatic nitrogens is 3. The van der Waals surface area contributed by atoms with Crippen LogP contribution in [0.2, 0.25) is 0 Å². The molecule has 0 aliphatic heterocycles. The van der Waals surface area contributed by atoms with E-state index in [1.165, 1.54) is 35.5 Å². The summed E-state index contributed by atoms with van der Waals surface area (Å²) >= 11 is 0. The van der Waals surface area contributed by atoms with Crippen molar-refractivity contribution < 1.29 is 19.6 Å². The molecule has 2 atom stereocenters. The average Bonchev–Trinajstić information content (AvgIpc) is 3.17. The number of rotatable bonds is 5. The molecule has 0 spiro atoms. The van der Waals surface area contributed by atoms with Gasteiger partial charge in [0.2, 0.25) is 0 Å². The second kappa shape index (κ2) is 8.59.